The Balaban J connectivity index is 1.90. The van der Waals surface area contributed by atoms with E-state index < -0.39 is 46.7 Å². The lowest BCUT2D eigenvalue weighted by Crippen LogP contribution is -2.29. The van der Waals surface area contributed by atoms with E-state index in [0.29, 0.717) is 0 Å². The maximum Gasteiger partial charge on any atom is 0.350 e. The molecule has 0 radical (unpaired) electrons. The van der Waals surface area contributed by atoms with Crippen LogP contribution in [0.4, 0.5) is 13.9 Å². The van der Waals surface area contributed by atoms with Gasteiger partial charge in [0.1, 0.15) is 34.9 Å². The lowest BCUT2D eigenvalue weighted by molar-refractivity contribution is -0.132. The molecule has 1 saturated heterocycles. The van der Waals surface area contributed by atoms with Gasteiger partial charge in [0.25, 0.3) is 5.78 Å². The predicted molar refractivity (Wildman–Crippen MR) is 125 cm³/mol. The molecule has 0 saturated carbocycles. The van der Waals surface area contributed by atoms with E-state index in [-0.39, 0.29) is 33.4 Å². The van der Waals surface area contributed by atoms with Gasteiger partial charge in [0.15, 0.2) is 5.13 Å². The van der Waals surface area contributed by atoms with E-state index in [9.17, 15) is 28.3 Å². The molecule has 2 heterocycles. The molecule has 1 aliphatic rings. The van der Waals surface area contributed by atoms with Crippen molar-refractivity contribution in [3.63, 3.8) is 0 Å². The van der Waals surface area contributed by atoms with E-state index >= 15 is 0 Å². The number of hydrogen-bond donors (Lipinski definition) is 1. The number of amides is 1. The third-order valence-corrected chi connectivity index (χ3v) is 6.41. The molecule has 1 N–H and O–H groups in total. The van der Waals surface area contributed by atoms with Crippen LogP contribution in [0.15, 0.2) is 66.8 Å². The number of thiazole rings is 1. The summed E-state index contributed by atoms with van der Waals surface area (Å²) in [4.78, 5) is 43.9. The summed E-state index contributed by atoms with van der Waals surface area (Å²) in [5.41, 5.74) is -0.157. The summed E-state index contributed by atoms with van der Waals surface area (Å²) < 4.78 is 33.4. The first-order valence-electron chi connectivity index (χ1n) is 10.3. The fraction of sp³-hybridized carbons (Fsp3) is 0.120. The highest BCUT2D eigenvalue weighted by Gasteiger charge is 2.49. The molecule has 2 aromatic carbocycles. The van der Waals surface area contributed by atoms with Crippen molar-refractivity contribution in [1.82, 2.24) is 4.98 Å². The molecule has 0 bridgehead atoms. The highest BCUT2D eigenvalue weighted by molar-refractivity contribution is 7.17. The first-order valence-corrected chi connectivity index (χ1v) is 11.1. The maximum atomic E-state index is 14.9. The Hall–Kier alpha value is -4.18. The summed E-state index contributed by atoms with van der Waals surface area (Å²) in [5.74, 6) is -4.74. The zero-order chi connectivity index (χ0) is 25.3. The van der Waals surface area contributed by atoms with Crippen molar-refractivity contribution in [2.75, 3.05) is 11.5 Å². The minimum Gasteiger partial charge on any atom is -0.507 e. The number of carbonyl (C=O) groups excluding carboxylic acids is 3. The van der Waals surface area contributed by atoms with Crippen LogP contribution >= 0.6 is 11.3 Å². The normalized spacial score (nSPS) is 17.0. The topological polar surface area (TPSA) is 96.8 Å². The Morgan fingerprint density at radius 1 is 1.20 bits per heavy atom. The predicted octanol–water partition coefficient (Wildman–Crippen LogP) is 4.70. The lowest BCUT2D eigenvalue weighted by Gasteiger charge is -2.23. The zero-order valence-electron chi connectivity index (χ0n) is 18.3. The van der Waals surface area contributed by atoms with Crippen molar-refractivity contribution < 1.29 is 33.0 Å². The molecular formula is C25H18F2N2O5S. The Morgan fingerprint density at radius 2 is 1.89 bits per heavy atom. The standard InChI is InChI=1S/C25H18F2N2O5S/c1-3-12-34-24(33)22-13(2)28-25(35-22)29-19(16-6-4-5-7-17(16)27)18(21(31)23(29)32)20(30)14-8-10-15(26)11-9-14/h3-11,19,30H,1,12H2,2H3/t19-/m1/s1. The van der Waals surface area contributed by atoms with Gasteiger partial charge in [0.2, 0.25) is 0 Å². The summed E-state index contributed by atoms with van der Waals surface area (Å²) in [6, 6.07) is 8.71. The highest BCUT2D eigenvalue weighted by atomic mass is 32.1. The van der Waals surface area contributed by atoms with Crippen molar-refractivity contribution in [3.8, 4) is 0 Å². The minimum absolute atomic E-state index is 0.0388. The van der Waals surface area contributed by atoms with Gasteiger partial charge < -0.3 is 9.84 Å². The molecule has 7 nitrogen and oxygen atoms in total. The molecule has 3 aromatic rings. The van der Waals surface area contributed by atoms with Crippen molar-refractivity contribution in [2.24, 2.45) is 0 Å². The molecule has 178 valence electrons. The second kappa shape index (κ2) is 9.59. The molecule has 0 unspecified atom stereocenters. The Labute approximate surface area is 202 Å². The summed E-state index contributed by atoms with van der Waals surface area (Å²) in [6.45, 7) is 4.96. The molecule has 1 aromatic heterocycles. The number of aryl methyl sites for hydroxylation is 1. The Kier molecular flexibility index (Phi) is 6.57. The monoisotopic (exact) mass is 496 g/mol. The molecule has 0 spiro atoms. The van der Waals surface area contributed by atoms with Crippen LogP contribution in [0.1, 0.15) is 32.5 Å². The van der Waals surface area contributed by atoms with Gasteiger partial charge >= 0.3 is 11.9 Å². The first-order chi connectivity index (χ1) is 16.7. The second-order valence-corrected chi connectivity index (χ2v) is 8.47. The number of aromatic nitrogens is 1. The van der Waals surface area contributed by atoms with E-state index in [1.54, 1.807) is 0 Å². The van der Waals surface area contributed by atoms with Crippen LogP contribution in [-0.4, -0.2) is 34.4 Å². The summed E-state index contributed by atoms with van der Waals surface area (Å²) in [6.07, 6.45) is 1.39. The third-order valence-electron chi connectivity index (χ3n) is 5.27. The molecule has 35 heavy (non-hydrogen) atoms. The largest absolute Gasteiger partial charge is 0.507 e. The quantitative estimate of drug-likeness (QED) is 0.175. The van der Waals surface area contributed by atoms with Gasteiger partial charge in [-0.15, -0.1) is 0 Å². The van der Waals surface area contributed by atoms with E-state index in [1.807, 2.05) is 0 Å². The van der Waals surface area contributed by atoms with Gasteiger partial charge in [-0.3, -0.25) is 14.5 Å². The number of ether oxygens (including phenoxy) is 1. The molecule has 1 fully saturated rings. The van der Waals surface area contributed by atoms with Crippen molar-refractivity contribution in [1.29, 1.82) is 0 Å². The number of esters is 1. The smallest absolute Gasteiger partial charge is 0.350 e. The number of aliphatic hydroxyl groups excluding tert-OH is 1. The van der Waals surface area contributed by atoms with E-state index in [4.69, 9.17) is 4.74 Å². The van der Waals surface area contributed by atoms with Crippen molar-refractivity contribution in [3.05, 3.63) is 100 Å². The Bertz CT molecular complexity index is 1380. The molecule has 4 rings (SSSR count). The van der Waals surface area contributed by atoms with Crippen molar-refractivity contribution >= 4 is 39.9 Å². The van der Waals surface area contributed by atoms with Crippen LogP contribution in [0.3, 0.4) is 0 Å². The fourth-order valence-corrected chi connectivity index (χ4v) is 4.65. The number of benzene rings is 2. The van der Waals surface area contributed by atoms with Gasteiger partial charge in [-0.1, -0.05) is 42.2 Å². The molecule has 10 heteroatoms. The highest BCUT2D eigenvalue weighted by Crippen LogP contribution is 2.44. The van der Waals surface area contributed by atoms with Gasteiger partial charge in [0.05, 0.1) is 11.3 Å². The van der Waals surface area contributed by atoms with Gasteiger partial charge in [-0.05, 0) is 37.3 Å². The third kappa shape index (κ3) is 4.35. The van der Waals surface area contributed by atoms with Crippen LogP contribution in [0.5, 0.6) is 0 Å². The van der Waals surface area contributed by atoms with E-state index in [0.717, 1.165) is 34.4 Å². The van der Waals surface area contributed by atoms with E-state index in [2.05, 4.69) is 11.6 Å². The maximum absolute atomic E-state index is 14.9. The number of rotatable bonds is 6. The average Bonchev–Trinajstić information content (AvgIpc) is 3.34. The summed E-state index contributed by atoms with van der Waals surface area (Å²) >= 11 is 0.794. The SMILES string of the molecule is C=CCOC(=O)c1sc(N2C(=O)C(=O)C(=C(O)c3ccc(F)cc3)[C@H]2c2ccccc2F)nc1C. The van der Waals surface area contributed by atoms with Gasteiger partial charge in [-0.2, -0.15) is 0 Å². The van der Waals surface area contributed by atoms with Gasteiger partial charge in [-0.25, -0.2) is 18.6 Å². The zero-order valence-corrected chi connectivity index (χ0v) is 19.1. The van der Waals surface area contributed by atoms with Crippen LogP contribution < -0.4 is 4.90 Å². The molecule has 1 aliphatic heterocycles. The fourth-order valence-electron chi connectivity index (χ4n) is 3.66. The summed E-state index contributed by atoms with van der Waals surface area (Å²) in [5, 5.41) is 10.9. The molecular weight excluding hydrogens is 478 g/mol. The van der Waals surface area contributed by atoms with E-state index in [1.165, 1.54) is 43.3 Å². The number of halogens is 2. The number of anilines is 1. The van der Waals surface area contributed by atoms with Crippen LogP contribution in [0.2, 0.25) is 0 Å². The number of ketones is 1. The van der Waals surface area contributed by atoms with Crippen LogP contribution in [-0.2, 0) is 14.3 Å². The van der Waals surface area contributed by atoms with Crippen molar-refractivity contribution in [2.45, 2.75) is 13.0 Å². The molecule has 0 aliphatic carbocycles. The first kappa shape index (κ1) is 24.0. The second-order valence-electron chi connectivity index (χ2n) is 7.50. The number of aliphatic hydroxyl groups is 1. The average molecular weight is 496 g/mol. The summed E-state index contributed by atoms with van der Waals surface area (Å²) in [7, 11) is 0. The molecule has 1 amide bonds. The number of hydrogen-bond acceptors (Lipinski definition) is 7. The Morgan fingerprint density at radius 3 is 2.54 bits per heavy atom. The lowest BCUT2D eigenvalue weighted by atomic mass is 9.95. The minimum atomic E-state index is -1.39. The van der Waals surface area contributed by atoms with Crippen LogP contribution in [0, 0.1) is 18.6 Å². The number of Topliss-reactive ketones (excluding diaryl/α,β-unsaturated/α-hetero) is 1. The number of nitrogens with zero attached hydrogens (tertiary/aromatic N) is 2. The molecule has 1 atom stereocenters. The van der Waals surface area contributed by atoms with Gasteiger partial charge in [0, 0.05) is 11.1 Å². The number of carbonyl (C=O) groups is 3. The van der Waals surface area contributed by atoms with Crippen LogP contribution in [0.25, 0.3) is 5.76 Å².